The van der Waals surface area contributed by atoms with Crippen molar-refractivity contribution in [3.8, 4) is 0 Å². The summed E-state index contributed by atoms with van der Waals surface area (Å²) in [7, 11) is -2.17. The van der Waals surface area contributed by atoms with Crippen LogP contribution in [-0.2, 0) is 19.6 Å². The molecule has 0 radical (unpaired) electrons. The molecule has 1 aromatic rings. The van der Waals surface area contributed by atoms with Gasteiger partial charge in [0, 0.05) is 11.1 Å². The molecular formula is C21H29N3O4S. The molecule has 8 heteroatoms. The number of carbonyl (C=O) groups excluding carboxylic acids is 2. The van der Waals surface area contributed by atoms with Crippen molar-refractivity contribution in [2.45, 2.75) is 56.4 Å². The Morgan fingerprint density at radius 2 is 1.52 bits per heavy atom. The van der Waals surface area contributed by atoms with Crippen LogP contribution in [0.5, 0.6) is 0 Å². The maximum absolute atomic E-state index is 13.1. The molecule has 4 saturated carbocycles. The summed E-state index contributed by atoms with van der Waals surface area (Å²) in [5.41, 5.74) is 0.202. The van der Waals surface area contributed by atoms with Crippen LogP contribution in [0, 0.1) is 23.2 Å². The summed E-state index contributed by atoms with van der Waals surface area (Å²) in [6.45, 7) is 1.69. The van der Waals surface area contributed by atoms with Crippen molar-refractivity contribution in [2.75, 3.05) is 12.4 Å². The highest BCUT2D eigenvalue weighted by Crippen LogP contribution is 2.60. The zero-order chi connectivity index (χ0) is 20.8. The smallest absolute Gasteiger partial charge is 0.246 e. The number of benzene rings is 1. The van der Waals surface area contributed by atoms with E-state index in [-0.39, 0.29) is 22.1 Å². The summed E-state index contributed by atoms with van der Waals surface area (Å²) in [5, 5.41) is 5.69. The normalized spacial score (nSPS) is 31.3. The van der Waals surface area contributed by atoms with Gasteiger partial charge in [-0.1, -0.05) is 0 Å². The fourth-order valence-corrected chi connectivity index (χ4v) is 6.62. The minimum Gasteiger partial charge on any atom is -0.344 e. The second-order valence-corrected chi connectivity index (χ2v) is 11.0. The van der Waals surface area contributed by atoms with Gasteiger partial charge in [0.25, 0.3) is 0 Å². The molecule has 1 aromatic carbocycles. The summed E-state index contributed by atoms with van der Waals surface area (Å²) in [6.07, 6.45) is 6.67. The maximum atomic E-state index is 13.1. The molecule has 158 valence electrons. The number of carbonyl (C=O) groups is 2. The van der Waals surface area contributed by atoms with E-state index < -0.39 is 16.1 Å². The maximum Gasteiger partial charge on any atom is 0.246 e. The van der Waals surface area contributed by atoms with Gasteiger partial charge >= 0.3 is 0 Å². The van der Waals surface area contributed by atoms with Crippen molar-refractivity contribution in [2.24, 2.45) is 23.2 Å². The first kappa shape index (κ1) is 20.3. The van der Waals surface area contributed by atoms with Gasteiger partial charge in [0.15, 0.2) is 0 Å². The van der Waals surface area contributed by atoms with Crippen molar-refractivity contribution < 1.29 is 18.0 Å². The van der Waals surface area contributed by atoms with E-state index in [1.807, 2.05) is 0 Å². The van der Waals surface area contributed by atoms with Crippen LogP contribution in [0.15, 0.2) is 29.2 Å². The molecule has 5 rings (SSSR count). The largest absolute Gasteiger partial charge is 0.344 e. The van der Waals surface area contributed by atoms with E-state index in [2.05, 4.69) is 15.4 Å². The highest BCUT2D eigenvalue weighted by molar-refractivity contribution is 7.89. The highest BCUT2D eigenvalue weighted by Gasteiger charge is 2.54. The predicted octanol–water partition coefficient (Wildman–Crippen LogP) is 2.25. The molecule has 4 aliphatic rings. The molecule has 0 saturated heterocycles. The lowest BCUT2D eigenvalue weighted by Crippen LogP contribution is -2.56. The lowest BCUT2D eigenvalue weighted by Gasteiger charge is -2.55. The first-order valence-corrected chi connectivity index (χ1v) is 11.8. The van der Waals surface area contributed by atoms with Gasteiger partial charge in [-0.05, 0) is 94.5 Å². The zero-order valence-corrected chi connectivity index (χ0v) is 17.7. The summed E-state index contributed by atoms with van der Waals surface area (Å²) in [5.74, 6) is 1.72. The van der Waals surface area contributed by atoms with Gasteiger partial charge < -0.3 is 10.6 Å². The van der Waals surface area contributed by atoms with Crippen LogP contribution in [0.1, 0.15) is 45.4 Å². The summed E-state index contributed by atoms with van der Waals surface area (Å²) >= 11 is 0. The van der Waals surface area contributed by atoms with Gasteiger partial charge in [0.1, 0.15) is 6.04 Å². The van der Waals surface area contributed by atoms with Crippen LogP contribution in [0.4, 0.5) is 5.69 Å². The minimum absolute atomic E-state index is 0.0229. The standard InChI is InChI=1S/C21H29N3O4S/c1-13(19(25)24-17-3-5-18(6-4-17)29(27,28)22-2)23-20(26)21-10-14-7-15(11-21)9-16(8-14)12-21/h3-6,13-16,22H,7-12H2,1-2H3,(H,23,26)(H,24,25). The summed E-state index contributed by atoms with van der Waals surface area (Å²) < 4.78 is 25.8. The Kier molecular flexibility index (Phi) is 5.19. The van der Waals surface area contributed by atoms with E-state index in [0.717, 1.165) is 19.3 Å². The van der Waals surface area contributed by atoms with Crippen molar-refractivity contribution in [1.29, 1.82) is 0 Å². The van der Waals surface area contributed by atoms with Crippen LogP contribution in [0.25, 0.3) is 0 Å². The fraction of sp³-hybridized carbons (Fsp3) is 0.619. The van der Waals surface area contributed by atoms with Gasteiger partial charge in [0.05, 0.1) is 4.90 Å². The quantitative estimate of drug-likeness (QED) is 0.658. The SMILES string of the molecule is CNS(=O)(=O)c1ccc(NC(=O)C(C)NC(=O)C23CC4CC(CC(C4)C2)C3)cc1. The second kappa shape index (κ2) is 7.40. The Balaban J connectivity index is 1.37. The number of sulfonamides is 1. The van der Waals surface area contributed by atoms with Crippen molar-refractivity contribution in [3.05, 3.63) is 24.3 Å². The van der Waals surface area contributed by atoms with E-state index in [1.165, 1.54) is 50.6 Å². The third-order valence-electron chi connectivity index (χ3n) is 6.96. The monoisotopic (exact) mass is 419 g/mol. The van der Waals surface area contributed by atoms with Crippen LogP contribution in [0.2, 0.25) is 0 Å². The molecule has 1 unspecified atom stereocenters. The Bertz CT molecular complexity index is 875. The fourth-order valence-electron chi connectivity index (χ4n) is 5.89. The third kappa shape index (κ3) is 3.92. The molecule has 3 N–H and O–H groups in total. The van der Waals surface area contributed by atoms with Crippen LogP contribution >= 0.6 is 0 Å². The number of rotatable bonds is 6. The lowest BCUT2D eigenvalue weighted by molar-refractivity contribution is -0.147. The molecular weight excluding hydrogens is 390 g/mol. The van der Waals surface area contributed by atoms with Gasteiger partial charge in [0.2, 0.25) is 21.8 Å². The highest BCUT2D eigenvalue weighted by atomic mass is 32.2. The molecule has 0 aliphatic heterocycles. The van der Waals surface area contributed by atoms with Gasteiger partial charge in [-0.2, -0.15) is 0 Å². The Morgan fingerprint density at radius 1 is 1.00 bits per heavy atom. The molecule has 7 nitrogen and oxygen atoms in total. The Hall–Kier alpha value is -1.93. The zero-order valence-electron chi connectivity index (χ0n) is 16.9. The lowest BCUT2D eigenvalue weighted by atomic mass is 9.49. The number of hydrogen-bond donors (Lipinski definition) is 3. The van der Waals surface area contributed by atoms with E-state index in [1.54, 1.807) is 6.92 Å². The molecule has 4 aliphatic carbocycles. The van der Waals surface area contributed by atoms with Crippen molar-refractivity contribution in [1.82, 2.24) is 10.0 Å². The number of nitrogens with one attached hydrogen (secondary N) is 3. The van der Waals surface area contributed by atoms with E-state index in [9.17, 15) is 18.0 Å². The number of amides is 2. The molecule has 0 spiro atoms. The summed E-state index contributed by atoms with van der Waals surface area (Å²) in [6, 6.07) is 5.28. The molecule has 4 fully saturated rings. The second-order valence-electron chi connectivity index (χ2n) is 9.11. The molecule has 4 bridgehead atoms. The number of hydrogen-bond acceptors (Lipinski definition) is 4. The molecule has 0 aromatic heterocycles. The average Bonchev–Trinajstić information content (AvgIpc) is 2.67. The first-order chi connectivity index (χ1) is 13.7. The summed E-state index contributed by atoms with van der Waals surface area (Å²) in [4.78, 5) is 25.8. The van der Waals surface area contributed by atoms with Crippen molar-refractivity contribution in [3.63, 3.8) is 0 Å². The van der Waals surface area contributed by atoms with Gasteiger partial charge in [-0.15, -0.1) is 0 Å². The average molecular weight is 420 g/mol. The molecule has 1 atom stereocenters. The molecule has 2 amide bonds. The molecule has 0 heterocycles. The van der Waals surface area contributed by atoms with Crippen LogP contribution in [-0.4, -0.2) is 33.3 Å². The molecule has 29 heavy (non-hydrogen) atoms. The number of anilines is 1. The first-order valence-electron chi connectivity index (χ1n) is 10.4. The van der Waals surface area contributed by atoms with E-state index in [0.29, 0.717) is 23.4 Å². The topological polar surface area (TPSA) is 104 Å². The third-order valence-corrected chi connectivity index (χ3v) is 8.39. The predicted molar refractivity (Wildman–Crippen MR) is 110 cm³/mol. The van der Waals surface area contributed by atoms with Crippen LogP contribution in [0.3, 0.4) is 0 Å². The Morgan fingerprint density at radius 3 is 2.00 bits per heavy atom. The van der Waals surface area contributed by atoms with Gasteiger partial charge in [-0.3, -0.25) is 9.59 Å². The van der Waals surface area contributed by atoms with Gasteiger partial charge in [-0.25, -0.2) is 13.1 Å². The Labute approximate surface area is 172 Å². The van der Waals surface area contributed by atoms with Crippen molar-refractivity contribution >= 4 is 27.5 Å². The minimum atomic E-state index is -3.52. The van der Waals surface area contributed by atoms with Crippen LogP contribution < -0.4 is 15.4 Å². The van der Waals surface area contributed by atoms with E-state index in [4.69, 9.17) is 0 Å². The van der Waals surface area contributed by atoms with E-state index >= 15 is 0 Å².